The van der Waals surface area contributed by atoms with E-state index in [0.717, 1.165) is 44.5 Å². The summed E-state index contributed by atoms with van der Waals surface area (Å²) < 4.78 is 5.84. The maximum absolute atomic E-state index is 12.2. The molecule has 0 aromatic carbocycles. The molecule has 1 unspecified atom stereocenters. The van der Waals surface area contributed by atoms with Gasteiger partial charge >= 0.3 is 6.03 Å². The fourth-order valence-corrected chi connectivity index (χ4v) is 3.12. The molecule has 1 saturated heterocycles. The van der Waals surface area contributed by atoms with Gasteiger partial charge in [0.05, 0.1) is 29.7 Å². The second-order valence-electron chi connectivity index (χ2n) is 7.08. The molecule has 1 saturated carbocycles. The van der Waals surface area contributed by atoms with Gasteiger partial charge in [-0.1, -0.05) is 13.8 Å². The number of hydrogen-bond acceptors (Lipinski definition) is 4. The average Bonchev–Trinajstić information content (AvgIpc) is 3.30. The number of amides is 2. The number of ether oxygens (including phenoxy) is 1. The molecule has 2 amide bonds. The summed E-state index contributed by atoms with van der Waals surface area (Å²) in [6, 6.07) is -0.197. The van der Waals surface area contributed by atoms with Gasteiger partial charge in [-0.2, -0.15) is 0 Å². The Kier molecular flexibility index (Phi) is 4.80. The number of rotatable bonds is 5. The molecule has 2 fully saturated rings. The van der Waals surface area contributed by atoms with E-state index in [4.69, 9.17) is 4.74 Å². The minimum atomic E-state index is -0.197. The number of anilines is 1. The molecule has 2 N–H and O–H groups in total. The highest BCUT2D eigenvalue weighted by Gasteiger charge is 2.51. The van der Waals surface area contributed by atoms with Gasteiger partial charge in [0.1, 0.15) is 5.82 Å². The van der Waals surface area contributed by atoms with E-state index in [-0.39, 0.29) is 17.7 Å². The predicted octanol–water partition coefficient (Wildman–Crippen LogP) is 2.90. The summed E-state index contributed by atoms with van der Waals surface area (Å²) in [4.78, 5) is 20.8. The summed E-state index contributed by atoms with van der Waals surface area (Å²) in [5.74, 6) is 1.32. The Morgan fingerprint density at radius 1 is 1.35 bits per heavy atom. The molecule has 3 rings (SSSR count). The molecule has 2 heterocycles. The summed E-state index contributed by atoms with van der Waals surface area (Å²) in [5.41, 5.74) is 0.457. The lowest BCUT2D eigenvalue weighted by Crippen LogP contribution is -2.49. The van der Waals surface area contributed by atoms with E-state index in [1.165, 1.54) is 6.42 Å². The molecule has 2 aliphatic rings. The molecule has 1 aromatic rings. The average molecular weight is 318 g/mol. The molecule has 1 aliphatic carbocycles. The Bertz CT molecular complexity index is 534. The lowest BCUT2D eigenvalue weighted by atomic mass is 10.0. The predicted molar refractivity (Wildman–Crippen MR) is 88.3 cm³/mol. The third-order valence-electron chi connectivity index (χ3n) is 4.50. The highest BCUT2D eigenvalue weighted by atomic mass is 16.5. The second kappa shape index (κ2) is 6.83. The van der Waals surface area contributed by atoms with Gasteiger partial charge in [-0.15, -0.1) is 0 Å². The molecule has 23 heavy (non-hydrogen) atoms. The van der Waals surface area contributed by atoms with Crippen LogP contribution in [0.25, 0.3) is 0 Å². The van der Waals surface area contributed by atoms with Crippen molar-refractivity contribution < 1.29 is 9.53 Å². The Morgan fingerprint density at radius 2 is 2.09 bits per heavy atom. The Morgan fingerprint density at radius 3 is 2.65 bits per heavy atom. The number of aromatic nitrogens is 2. The number of hydrogen-bond donors (Lipinski definition) is 2. The third kappa shape index (κ3) is 4.19. The van der Waals surface area contributed by atoms with Gasteiger partial charge in [0.15, 0.2) is 0 Å². The van der Waals surface area contributed by atoms with Crippen LogP contribution in [0.15, 0.2) is 12.4 Å². The van der Waals surface area contributed by atoms with Crippen LogP contribution in [0.3, 0.4) is 0 Å². The standard InChI is InChI=1S/C17H26N4O2/c1-12(2)9-15-18-10-13(11-19-15)20-16(22)21-17(6-7-17)14-5-3-4-8-23-14/h10-12,14H,3-9H2,1-2H3,(H2,20,21,22). The van der Waals surface area contributed by atoms with Gasteiger partial charge in [-0.05, 0) is 38.0 Å². The van der Waals surface area contributed by atoms with Crippen molar-refractivity contribution in [2.45, 2.75) is 64.0 Å². The van der Waals surface area contributed by atoms with E-state index in [9.17, 15) is 4.79 Å². The zero-order chi connectivity index (χ0) is 16.3. The molecule has 0 bridgehead atoms. The quantitative estimate of drug-likeness (QED) is 0.875. The zero-order valence-electron chi connectivity index (χ0n) is 14.0. The fourth-order valence-electron chi connectivity index (χ4n) is 3.12. The molecular weight excluding hydrogens is 292 g/mol. The van der Waals surface area contributed by atoms with E-state index >= 15 is 0 Å². The maximum Gasteiger partial charge on any atom is 0.319 e. The lowest BCUT2D eigenvalue weighted by molar-refractivity contribution is -0.0119. The van der Waals surface area contributed by atoms with E-state index < -0.39 is 0 Å². The van der Waals surface area contributed by atoms with Crippen LogP contribution in [0, 0.1) is 5.92 Å². The minimum absolute atomic E-state index is 0.159. The fraction of sp³-hybridized carbons (Fsp3) is 0.706. The molecule has 1 aliphatic heterocycles. The molecule has 6 nitrogen and oxygen atoms in total. The minimum Gasteiger partial charge on any atom is -0.376 e. The first-order chi connectivity index (χ1) is 11.1. The highest BCUT2D eigenvalue weighted by Crippen LogP contribution is 2.43. The van der Waals surface area contributed by atoms with Crippen LogP contribution in [-0.2, 0) is 11.2 Å². The number of urea groups is 1. The number of nitrogens with one attached hydrogen (secondary N) is 2. The topological polar surface area (TPSA) is 76.1 Å². The largest absolute Gasteiger partial charge is 0.376 e. The second-order valence-corrected chi connectivity index (χ2v) is 7.08. The van der Waals surface area contributed by atoms with Crippen LogP contribution >= 0.6 is 0 Å². The van der Waals surface area contributed by atoms with Crippen LogP contribution in [0.1, 0.15) is 51.8 Å². The van der Waals surface area contributed by atoms with Crippen LogP contribution in [0.2, 0.25) is 0 Å². The normalized spacial score (nSPS) is 22.7. The number of carbonyl (C=O) groups is 1. The van der Waals surface area contributed by atoms with Gasteiger partial charge in [0, 0.05) is 13.0 Å². The zero-order valence-corrected chi connectivity index (χ0v) is 14.0. The monoisotopic (exact) mass is 318 g/mol. The Hall–Kier alpha value is -1.69. The molecule has 1 aromatic heterocycles. The van der Waals surface area contributed by atoms with Crippen molar-refractivity contribution in [3.63, 3.8) is 0 Å². The van der Waals surface area contributed by atoms with Crippen LogP contribution in [0.4, 0.5) is 10.5 Å². The third-order valence-corrected chi connectivity index (χ3v) is 4.50. The summed E-state index contributed by atoms with van der Waals surface area (Å²) in [6.07, 6.45) is 9.67. The molecule has 1 atom stereocenters. The van der Waals surface area contributed by atoms with Gasteiger partial charge in [0.25, 0.3) is 0 Å². The van der Waals surface area contributed by atoms with Crippen molar-refractivity contribution >= 4 is 11.7 Å². The molecular formula is C17H26N4O2. The lowest BCUT2D eigenvalue weighted by Gasteiger charge is -2.31. The van der Waals surface area contributed by atoms with E-state index in [2.05, 4.69) is 34.4 Å². The maximum atomic E-state index is 12.2. The summed E-state index contributed by atoms with van der Waals surface area (Å²) >= 11 is 0. The molecule has 6 heteroatoms. The van der Waals surface area contributed by atoms with E-state index in [0.29, 0.717) is 11.6 Å². The summed E-state index contributed by atoms with van der Waals surface area (Å²) in [6.45, 7) is 5.07. The summed E-state index contributed by atoms with van der Waals surface area (Å²) in [7, 11) is 0. The van der Waals surface area contributed by atoms with Crippen LogP contribution in [0.5, 0.6) is 0 Å². The first-order valence-electron chi connectivity index (χ1n) is 8.59. The van der Waals surface area contributed by atoms with Crippen LogP contribution < -0.4 is 10.6 Å². The van der Waals surface area contributed by atoms with Crippen molar-refractivity contribution in [2.24, 2.45) is 5.92 Å². The van der Waals surface area contributed by atoms with Crippen molar-refractivity contribution in [3.8, 4) is 0 Å². The number of nitrogens with zero attached hydrogens (tertiary/aromatic N) is 2. The van der Waals surface area contributed by atoms with Gasteiger partial charge < -0.3 is 15.4 Å². The van der Waals surface area contributed by atoms with E-state index in [1.54, 1.807) is 12.4 Å². The molecule has 126 valence electrons. The van der Waals surface area contributed by atoms with E-state index in [1.807, 2.05) is 0 Å². The van der Waals surface area contributed by atoms with Crippen molar-refractivity contribution in [1.82, 2.24) is 15.3 Å². The smallest absolute Gasteiger partial charge is 0.319 e. The first kappa shape index (κ1) is 16.2. The molecule has 0 spiro atoms. The summed E-state index contributed by atoms with van der Waals surface area (Å²) in [5, 5.41) is 5.93. The Balaban J connectivity index is 1.53. The SMILES string of the molecule is CC(C)Cc1ncc(NC(=O)NC2(C3CCCCO3)CC2)cn1. The van der Waals surface area contributed by atoms with Crippen molar-refractivity contribution in [1.29, 1.82) is 0 Å². The van der Waals surface area contributed by atoms with Crippen molar-refractivity contribution in [3.05, 3.63) is 18.2 Å². The van der Waals surface area contributed by atoms with Gasteiger partial charge in [0.2, 0.25) is 0 Å². The van der Waals surface area contributed by atoms with Crippen LogP contribution in [-0.4, -0.2) is 34.2 Å². The number of carbonyl (C=O) groups excluding carboxylic acids is 1. The van der Waals surface area contributed by atoms with Gasteiger partial charge in [-0.25, -0.2) is 14.8 Å². The van der Waals surface area contributed by atoms with Crippen molar-refractivity contribution in [2.75, 3.05) is 11.9 Å². The molecule has 0 radical (unpaired) electrons. The first-order valence-corrected chi connectivity index (χ1v) is 8.59. The highest BCUT2D eigenvalue weighted by molar-refractivity contribution is 5.89. The van der Waals surface area contributed by atoms with Gasteiger partial charge in [-0.3, -0.25) is 0 Å². The Labute approximate surface area is 137 Å².